The third-order valence-corrected chi connectivity index (χ3v) is 13.1. The SMILES string of the molecule is CC1(C)c2ccccc2-c2cc3c(cc21)c1cc(-c2ccc4c(c2)-c2ccccc2C4c2cccc4ccccc24)ccc1n3-c1cccc(-c2ccccc2)c1. The molecule has 0 N–H and O–H groups in total. The van der Waals surface area contributed by atoms with Gasteiger partial charge in [0, 0.05) is 27.8 Å². The summed E-state index contributed by atoms with van der Waals surface area (Å²) in [5.74, 6) is 0.193. The van der Waals surface area contributed by atoms with Crippen LogP contribution in [0.25, 0.3) is 82.8 Å². The Bertz CT molecular complexity index is 3260. The van der Waals surface area contributed by atoms with E-state index in [2.05, 4.69) is 213 Å². The van der Waals surface area contributed by atoms with Crippen molar-refractivity contribution in [3.63, 3.8) is 0 Å². The standard InChI is InChI=1S/C56H39N/c1-56(2)51-25-11-10-22-43(51)48-34-54-50(33-52(48)56)49-32-39(27-29-53(49)57(54)40-19-12-18-37(30-40)35-14-4-3-5-15-35)38-26-28-46-47(31-38)42-21-8-9-23-45(42)55(46)44-24-13-17-36-16-6-7-20-41(36)44/h3-34,55H,1-2H3. The van der Waals surface area contributed by atoms with Crippen LogP contribution in [0.5, 0.6) is 0 Å². The van der Waals surface area contributed by atoms with Crippen LogP contribution in [0.2, 0.25) is 0 Å². The monoisotopic (exact) mass is 725 g/mol. The van der Waals surface area contributed by atoms with Crippen molar-refractivity contribution in [2.45, 2.75) is 25.2 Å². The van der Waals surface area contributed by atoms with Crippen molar-refractivity contribution >= 4 is 32.6 Å². The van der Waals surface area contributed by atoms with Gasteiger partial charge in [-0.1, -0.05) is 166 Å². The van der Waals surface area contributed by atoms with Gasteiger partial charge in [-0.25, -0.2) is 0 Å². The summed E-state index contributed by atoms with van der Waals surface area (Å²) in [6.45, 7) is 4.76. The molecule has 12 rings (SSSR count). The molecule has 1 heteroatoms. The molecule has 57 heavy (non-hydrogen) atoms. The highest BCUT2D eigenvalue weighted by Crippen LogP contribution is 2.53. The van der Waals surface area contributed by atoms with Crippen LogP contribution in [0.1, 0.15) is 47.6 Å². The minimum atomic E-state index is -0.0899. The van der Waals surface area contributed by atoms with Crippen molar-refractivity contribution in [2.75, 3.05) is 0 Å². The second-order valence-corrected chi connectivity index (χ2v) is 16.5. The molecule has 9 aromatic carbocycles. The van der Waals surface area contributed by atoms with E-state index in [-0.39, 0.29) is 11.3 Å². The summed E-state index contributed by atoms with van der Waals surface area (Å²) >= 11 is 0. The van der Waals surface area contributed by atoms with Crippen molar-refractivity contribution < 1.29 is 0 Å². The number of hydrogen-bond acceptors (Lipinski definition) is 0. The van der Waals surface area contributed by atoms with Crippen molar-refractivity contribution in [3.8, 4) is 50.2 Å². The molecule has 0 bridgehead atoms. The Morgan fingerprint density at radius 1 is 0.368 bits per heavy atom. The largest absolute Gasteiger partial charge is 0.309 e. The molecule has 1 unspecified atom stereocenters. The molecule has 1 heterocycles. The van der Waals surface area contributed by atoms with Crippen LogP contribution >= 0.6 is 0 Å². The van der Waals surface area contributed by atoms with Crippen LogP contribution in [0, 0.1) is 0 Å². The van der Waals surface area contributed by atoms with E-state index >= 15 is 0 Å². The Balaban J connectivity index is 1.07. The highest BCUT2D eigenvalue weighted by Gasteiger charge is 2.36. The van der Waals surface area contributed by atoms with Crippen molar-refractivity contribution in [1.29, 1.82) is 0 Å². The van der Waals surface area contributed by atoms with Crippen LogP contribution in [-0.2, 0) is 5.41 Å². The van der Waals surface area contributed by atoms with Crippen LogP contribution < -0.4 is 0 Å². The zero-order valence-electron chi connectivity index (χ0n) is 32.0. The summed E-state index contributed by atoms with van der Waals surface area (Å²) in [5.41, 5.74) is 20.7. The van der Waals surface area contributed by atoms with E-state index in [0.29, 0.717) is 0 Å². The lowest BCUT2D eigenvalue weighted by molar-refractivity contribution is 0.661. The molecule has 1 nitrogen and oxygen atoms in total. The van der Waals surface area contributed by atoms with E-state index in [9.17, 15) is 0 Å². The van der Waals surface area contributed by atoms with E-state index in [1.54, 1.807) is 0 Å². The van der Waals surface area contributed by atoms with Crippen LogP contribution in [0.3, 0.4) is 0 Å². The number of aromatic nitrogens is 1. The maximum Gasteiger partial charge on any atom is 0.0547 e. The average Bonchev–Trinajstić information content (AvgIpc) is 3.85. The van der Waals surface area contributed by atoms with E-state index in [1.165, 1.54) is 111 Å². The van der Waals surface area contributed by atoms with Crippen molar-refractivity contribution in [3.05, 3.63) is 222 Å². The lowest BCUT2D eigenvalue weighted by Crippen LogP contribution is -2.14. The van der Waals surface area contributed by atoms with Crippen molar-refractivity contribution in [2.24, 2.45) is 0 Å². The summed E-state index contributed by atoms with van der Waals surface area (Å²) in [4.78, 5) is 0. The van der Waals surface area contributed by atoms with E-state index in [0.717, 1.165) is 0 Å². The van der Waals surface area contributed by atoms with Gasteiger partial charge in [0.15, 0.2) is 0 Å². The zero-order valence-corrected chi connectivity index (χ0v) is 32.0. The molecule has 10 aromatic rings. The number of rotatable bonds is 4. The molecule has 1 aromatic heterocycles. The maximum absolute atomic E-state index is 2.50. The summed E-state index contributed by atoms with van der Waals surface area (Å²) in [5, 5.41) is 5.18. The quantitative estimate of drug-likeness (QED) is 0.170. The van der Waals surface area contributed by atoms with Crippen LogP contribution in [0.15, 0.2) is 194 Å². The minimum Gasteiger partial charge on any atom is -0.309 e. The van der Waals surface area contributed by atoms with Gasteiger partial charge in [-0.3, -0.25) is 0 Å². The topological polar surface area (TPSA) is 4.93 Å². The Hall–Kier alpha value is -6.96. The van der Waals surface area contributed by atoms with Gasteiger partial charge in [-0.15, -0.1) is 0 Å². The smallest absolute Gasteiger partial charge is 0.0547 e. The van der Waals surface area contributed by atoms with Gasteiger partial charge in [0.1, 0.15) is 0 Å². The van der Waals surface area contributed by atoms with Gasteiger partial charge in [-0.05, 0) is 126 Å². The molecule has 0 saturated carbocycles. The average molecular weight is 726 g/mol. The molecular formula is C56H39N. The normalized spacial score (nSPS) is 14.8. The fourth-order valence-corrected chi connectivity index (χ4v) is 10.3. The highest BCUT2D eigenvalue weighted by atomic mass is 15.0. The van der Waals surface area contributed by atoms with E-state index in [4.69, 9.17) is 0 Å². The maximum atomic E-state index is 2.50. The molecule has 2 aliphatic carbocycles. The van der Waals surface area contributed by atoms with Crippen LogP contribution in [0.4, 0.5) is 0 Å². The first-order valence-corrected chi connectivity index (χ1v) is 20.1. The summed E-state index contributed by atoms with van der Waals surface area (Å²) in [6, 6.07) is 72.6. The second kappa shape index (κ2) is 12.0. The molecule has 2 aliphatic rings. The number of fused-ring (bicyclic) bond motifs is 10. The Kier molecular flexibility index (Phi) is 6.81. The number of nitrogens with zero attached hydrogens (tertiary/aromatic N) is 1. The second-order valence-electron chi connectivity index (χ2n) is 16.5. The van der Waals surface area contributed by atoms with Gasteiger partial charge in [-0.2, -0.15) is 0 Å². The number of benzene rings is 9. The zero-order chi connectivity index (χ0) is 37.8. The summed E-state index contributed by atoms with van der Waals surface area (Å²) in [6.07, 6.45) is 0. The molecule has 268 valence electrons. The van der Waals surface area contributed by atoms with Gasteiger partial charge in [0.05, 0.1) is 11.0 Å². The van der Waals surface area contributed by atoms with Crippen molar-refractivity contribution in [1.82, 2.24) is 4.57 Å². The molecule has 0 fully saturated rings. The fourth-order valence-electron chi connectivity index (χ4n) is 10.3. The van der Waals surface area contributed by atoms with Crippen LogP contribution in [-0.4, -0.2) is 4.57 Å². The van der Waals surface area contributed by atoms with Gasteiger partial charge < -0.3 is 4.57 Å². The van der Waals surface area contributed by atoms with Gasteiger partial charge in [0.2, 0.25) is 0 Å². The first-order valence-electron chi connectivity index (χ1n) is 20.1. The third kappa shape index (κ3) is 4.69. The highest BCUT2D eigenvalue weighted by molar-refractivity contribution is 6.12. The lowest BCUT2D eigenvalue weighted by Gasteiger charge is -2.21. The lowest BCUT2D eigenvalue weighted by atomic mass is 9.82. The third-order valence-electron chi connectivity index (χ3n) is 13.1. The van der Waals surface area contributed by atoms with Gasteiger partial charge >= 0.3 is 0 Å². The first kappa shape index (κ1) is 32.3. The molecule has 0 amide bonds. The molecule has 1 atom stereocenters. The fraction of sp³-hybridized carbons (Fsp3) is 0.0714. The predicted octanol–water partition coefficient (Wildman–Crippen LogP) is 14.7. The predicted molar refractivity (Wildman–Crippen MR) is 240 cm³/mol. The number of hydrogen-bond donors (Lipinski definition) is 0. The molecule has 0 spiro atoms. The molecule has 0 radical (unpaired) electrons. The Labute approximate surface area is 333 Å². The first-order chi connectivity index (χ1) is 28.0. The Morgan fingerprint density at radius 3 is 1.93 bits per heavy atom. The molecule has 0 aliphatic heterocycles. The summed E-state index contributed by atoms with van der Waals surface area (Å²) < 4.78 is 2.49. The van der Waals surface area contributed by atoms with E-state index in [1.807, 2.05) is 0 Å². The Morgan fingerprint density at radius 2 is 1.02 bits per heavy atom. The minimum absolute atomic E-state index is 0.0899. The van der Waals surface area contributed by atoms with Gasteiger partial charge in [0.25, 0.3) is 0 Å². The summed E-state index contributed by atoms with van der Waals surface area (Å²) in [7, 11) is 0. The molecule has 0 saturated heterocycles. The van der Waals surface area contributed by atoms with E-state index < -0.39 is 0 Å². The molecular weight excluding hydrogens is 687 g/mol.